The van der Waals surface area contributed by atoms with Gasteiger partial charge in [-0.25, -0.2) is 12.8 Å². The zero-order valence-corrected chi connectivity index (χ0v) is 23.5. The number of aliphatic imine (C=N–C) groups is 1. The first-order valence-electron chi connectivity index (χ1n) is 13.4. The van der Waals surface area contributed by atoms with Crippen LogP contribution in [0.15, 0.2) is 113 Å². The first-order chi connectivity index (χ1) is 19.8. The van der Waals surface area contributed by atoms with Crippen LogP contribution in [-0.2, 0) is 10.0 Å². The molecule has 41 heavy (non-hydrogen) atoms. The molecule has 1 saturated heterocycles. The maximum Gasteiger partial charge on any atom is 0.264 e. The SMILES string of the molecule is Cc1cccc(S(=O)(=O)Nc2ccc(C(=O)N3CCN(c4ccc(F)cc4)CC3)cc2)c1N=CC1=CC=CC=CC1. The van der Waals surface area contributed by atoms with Crippen LogP contribution in [0.3, 0.4) is 0 Å². The summed E-state index contributed by atoms with van der Waals surface area (Å²) in [4.78, 5) is 21.6. The molecule has 0 spiro atoms. The number of anilines is 2. The van der Waals surface area contributed by atoms with Gasteiger partial charge in [0.05, 0.1) is 5.69 Å². The molecule has 0 radical (unpaired) electrons. The summed E-state index contributed by atoms with van der Waals surface area (Å²) in [6.45, 7) is 4.17. The van der Waals surface area contributed by atoms with Gasteiger partial charge >= 0.3 is 0 Å². The molecule has 1 aliphatic carbocycles. The van der Waals surface area contributed by atoms with Crippen LogP contribution in [0, 0.1) is 12.7 Å². The Kier molecular flexibility index (Phi) is 8.45. The van der Waals surface area contributed by atoms with E-state index in [1.54, 1.807) is 53.6 Å². The summed E-state index contributed by atoms with van der Waals surface area (Å²) in [5, 5.41) is 0. The normalized spacial score (nSPS) is 15.6. The van der Waals surface area contributed by atoms with Crippen molar-refractivity contribution in [2.75, 3.05) is 35.8 Å². The smallest absolute Gasteiger partial charge is 0.264 e. The molecule has 3 aromatic carbocycles. The Morgan fingerprint density at radius 1 is 0.927 bits per heavy atom. The number of halogens is 1. The molecule has 0 unspecified atom stereocenters. The maximum atomic E-state index is 13.4. The number of carbonyl (C=O) groups excluding carboxylic acids is 1. The number of nitrogens with zero attached hydrogens (tertiary/aromatic N) is 3. The number of carbonyl (C=O) groups is 1. The lowest BCUT2D eigenvalue weighted by Gasteiger charge is -2.36. The fourth-order valence-corrected chi connectivity index (χ4v) is 6.03. The van der Waals surface area contributed by atoms with E-state index in [-0.39, 0.29) is 16.6 Å². The largest absolute Gasteiger partial charge is 0.368 e. The number of sulfonamides is 1. The number of amides is 1. The van der Waals surface area contributed by atoms with E-state index in [2.05, 4.69) is 14.6 Å². The van der Waals surface area contributed by atoms with Crippen LogP contribution >= 0.6 is 0 Å². The van der Waals surface area contributed by atoms with Gasteiger partial charge < -0.3 is 9.80 Å². The van der Waals surface area contributed by atoms with Crippen LogP contribution in [0.1, 0.15) is 22.3 Å². The number of rotatable bonds is 7. The highest BCUT2D eigenvalue weighted by atomic mass is 32.2. The average Bonchev–Trinajstić information content (AvgIpc) is 3.26. The number of para-hydroxylation sites is 1. The van der Waals surface area contributed by atoms with E-state index in [1.807, 2.05) is 43.4 Å². The summed E-state index contributed by atoms with van der Waals surface area (Å²) in [6, 6.07) is 17.8. The van der Waals surface area contributed by atoms with Crippen molar-refractivity contribution in [3.63, 3.8) is 0 Å². The Hall–Kier alpha value is -4.50. The molecule has 0 atom stereocenters. The highest BCUT2D eigenvalue weighted by Gasteiger charge is 2.23. The van der Waals surface area contributed by atoms with Crippen molar-refractivity contribution >= 4 is 39.2 Å². The van der Waals surface area contributed by atoms with E-state index in [9.17, 15) is 17.6 Å². The summed E-state index contributed by atoms with van der Waals surface area (Å²) >= 11 is 0. The number of nitrogens with one attached hydrogen (secondary N) is 1. The van der Waals surface area contributed by atoms with Crippen molar-refractivity contribution in [1.82, 2.24) is 4.90 Å². The Morgan fingerprint density at radius 3 is 2.39 bits per heavy atom. The first-order valence-corrected chi connectivity index (χ1v) is 14.9. The molecule has 0 bridgehead atoms. The molecule has 0 saturated carbocycles. The Bertz CT molecular complexity index is 1640. The van der Waals surface area contributed by atoms with Gasteiger partial charge in [0.25, 0.3) is 15.9 Å². The fraction of sp³-hybridized carbons (Fsp3) is 0.188. The topological polar surface area (TPSA) is 82.1 Å². The van der Waals surface area contributed by atoms with Gasteiger partial charge in [-0.1, -0.05) is 42.5 Å². The van der Waals surface area contributed by atoms with Crippen LogP contribution in [0.5, 0.6) is 0 Å². The number of piperazine rings is 1. The van der Waals surface area contributed by atoms with Crippen LogP contribution < -0.4 is 9.62 Å². The summed E-state index contributed by atoms with van der Waals surface area (Å²) in [6.07, 6.45) is 12.2. The Morgan fingerprint density at radius 2 is 1.66 bits per heavy atom. The van der Waals surface area contributed by atoms with Crippen LogP contribution in [-0.4, -0.2) is 51.6 Å². The third-order valence-corrected chi connectivity index (χ3v) is 8.43. The highest BCUT2D eigenvalue weighted by Crippen LogP contribution is 2.30. The lowest BCUT2D eigenvalue weighted by Crippen LogP contribution is -2.48. The highest BCUT2D eigenvalue weighted by molar-refractivity contribution is 7.92. The minimum absolute atomic E-state index is 0.0771. The van der Waals surface area contributed by atoms with E-state index in [0.29, 0.717) is 49.5 Å². The van der Waals surface area contributed by atoms with Gasteiger partial charge in [0.1, 0.15) is 10.7 Å². The molecule has 9 heteroatoms. The van der Waals surface area contributed by atoms with E-state index >= 15 is 0 Å². The third-order valence-electron chi connectivity index (χ3n) is 7.01. The van der Waals surface area contributed by atoms with E-state index in [0.717, 1.165) is 16.8 Å². The van der Waals surface area contributed by atoms with Crippen molar-refractivity contribution in [2.24, 2.45) is 4.99 Å². The molecule has 0 aromatic heterocycles. The third kappa shape index (κ3) is 6.81. The molecular formula is C32H31FN4O3S. The van der Waals surface area contributed by atoms with Crippen molar-refractivity contribution in [3.8, 4) is 0 Å². The van der Waals surface area contributed by atoms with Gasteiger partial charge in [-0.15, -0.1) is 0 Å². The predicted octanol–water partition coefficient (Wildman–Crippen LogP) is 6.04. The fourth-order valence-electron chi connectivity index (χ4n) is 4.74. The van der Waals surface area contributed by atoms with E-state index in [1.165, 1.54) is 18.2 Å². The van der Waals surface area contributed by atoms with Crippen LogP contribution in [0.25, 0.3) is 0 Å². The minimum atomic E-state index is -3.95. The molecular weight excluding hydrogens is 539 g/mol. The van der Waals surface area contributed by atoms with Gasteiger partial charge in [0.2, 0.25) is 0 Å². The number of aryl methyl sites for hydroxylation is 1. The average molecular weight is 571 g/mol. The number of benzene rings is 3. The lowest BCUT2D eigenvalue weighted by molar-refractivity contribution is 0.0747. The Labute approximate surface area is 240 Å². The number of hydrogen-bond donors (Lipinski definition) is 1. The van der Waals surface area contributed by atoms with Crippen molar-refractivity contribution in [2.45, 2.75) is 18.2 Å². The van der Waals surface area contributed by atoms with Crippen molar-refractivity contribution in [1.29, 1.82) is 0 Å². The van der Waals surface area contributed by atoms with Gasteiger partial charge in [0, 0.05) is 49.3 Å². The van der Waals surface area contributed by atoms with Gasteiger partial charge in [-0.2, -0.15) is 0 Å². The van der Waals surface area contributed by atoms with Gasteiger partial charge in [0.15, 0.2) is 0 Å². The van der Waals surface area contributed by atoms with E-state index in [4.69, 9.17) is 0 Å². The number of hydrogen-bond acceptors (Lipinski definition) is 5. The Balaban J connectivity index is 1.25. The standard InChI is InChI=1S/C32H31FN4O3S/c1-24-7-6-10-30(31(24)34-23-25-8-4-2-3-5-9-25)41(39,40)35-28-15-11-26(12-16-28)32(38)37-21-19-36(20-22-37)29-17-13-27(33)14-18-29/h2-8,10-18,23,35H,9,19-22H2,1H3. The first kappa shape index (κ1) is 28.0. The second-order valence-electron chi connectivity index (χ2n) is 9.88. The molecule has 210 valence electrons. The van der Waals surface area contributed by atoms with Crippen LogP contribution in [0.2, 0.25) is 0 Å². The van der Waals surface area contributed by atoms with Crippen LogP contribution in [0.4, 0.5) is 21.5 Å². The second-order valence-corrected chi connectivity index (χ2v) is 11.5. The zero-order valence-electron chi connectivity index (χ0n) is 22.7. The molecule has 5 rings (SSSR count). The second kappa shape index (κ2) is 12.3. The van der Waals surface area contributed by atoms with Gasteiger partial charge in [-0.3, -0.25) is 14.5 Å². The molecule has 1 heterocycles. The summed E-state index contributed by atoms with van der Waals surface area (Å²) in [7, 11) is -3.95. The summed E-state index contributed by atoms with van der Waals surface area (Å²) in [5.41, 5.74) is 3.83. The molecule has 1 amide bonds. The molecule has 3 aromatic rings. The monoisotopic (exact) mass is 570 g/mol. The summed E-state index contributed by atoms with van der Waals surface area (Å²) < 4.78 is 42.6. The van der Waals surface area contributed by atoms with Crippen molar-refractivity contribution in [3.05, 3.63) is 120 Å². The predicted molar refractivity (Wildman–Crippen MR) is 162 cm³/mol. The minimum Gasteiger partial charge on any atom is -0.368 e. The van der Waals surface area contributed by atoms with Crippen molar-refractivity contribution < 1.29 is 17.6 Å². The molecule has 2 aliphatic rings. The molecule has 1 N–H and O–H groups in total. The molecule has 1 fully saturated rings. The van der Waals surface area contributed by atoms with E-state index < -0.39 is 10.0 Å². The maximum absolute atomic E-state index is 13.4. The molecule has 7 nitrogen and oxygen atoms in total. The summed E-state index contributed by atoms with van der Waals surface area (Å²) in [5.74, 6) is -0.397. The molecule has 1 aliphatic heterocycles. The number of allylic oxidation sites excluding steroid dienone is 6. The van der Waals surface area contributed by atoms with Gasteiger partial charge in [-0.05, 0) is 79.1 Å². The zero-order chi connectivity index (χ0) is 28.8. The quantitative estimate of drug-likeness (QED) is 0.351. The lowest BCUT2D eigenvalue weighted by atomic mass is 10.1.